The zero-order chi connectivity index (χ0) is 28.3. The molecule has 2 aromatic carbocycles. The molecule has 204 valence electrons. The molecular weight excluding hydrogens is 535 g/mol. The highest BCUT2D eigenvalue weighted by Gasteiger charge is 2.74. The summed E-state index contributed by atoms with van der Waals surface area (Å²) >= 11 is -1.47. The molecule has 12 heteroatoms. The number of imide groups is 1. The SMILES string of the molecule is CC(=O)Nc1ccc([S+]([O-])CCC23CCC(C)(O2)[C@@H]2C(=O)N(c4ccc(C#N)c(C(F)(F)F)c4)C(=O)[C@@H]23)cc1. The van der Waals surface area contributed by atoms with Crippen molar-refractivity contribution in [2.75, 3.05) is 16.0 Å². The van der Waals surface area contributed by atoms with Crippen LogP contribution in [-0.2, 0) is 36.5 Å². The van der Waals surface area contributed by atoms with Crippen molar-refractivity contribution in [3.05, 3.63) is 53.6 Å². The highest BCUT2D eigenvalue weighted by molar-refractivity contribution is 7.91. The standard InChI is InChI=1S/C27H24F3N3O5S/c1-15(34)32-17-4-7-19(8-5-17)39(37)12-11-26-10-9-25(2,38-26)21-22(26)24(36)33(23(21)35)18-6-3-16(14-31)20(13-18)27(28,29)30/h3-8,13,21-22H,9-12H2,1-2H3,(H,32,34)/t21-,22+,25?,26?,39?/m0/s1. The van der Waals surface area contributed by atoms with E-state index in [1.54, 1.807) is 31.2 Å². The summed E-state index contributed by atoms with van der Waals surface area (Å²) < 4.78 is 60.1. The van der Waals surface area contributed by atoms with Gasteiger partial charge in [0.05, 0.1) is 45.9 Å². The number of rotatable bonds is 6. The van der Waals surface area contributed by atoms with E-state index < -0.39 is 63.3 Å². The van der Waals surface area contributed by atoms with Crippen LogP contribution in [0, 0.1) is 23.2 Å². The molecule has 0 saturated carbocycles. The van der Waals surface area contributed by atoms with E-state index in [-0.39, 0.29) is 23.8 Å². The van der Waals surface area contributed by atoms with Crippen LogP contribution in [-0.4, -0.2) is 39.2 Å². The number of anilines is 2. The summed E-state index contributed by atoms with van der Waals surface area (Å²) in [7, 11) is 0. The van der Waals surface area contributed by atoms with Crippen LogP contribution < -0.4 is 10.2 Å². The van der Waals surface area contributed by atoms with Gasteiger partial charge in [0.15, 0.2) is 4.90 Å². The summed E-state index contributed by atoms with van der Waals surface area (Å²) in [5.74, 6) is -3.20. The van der Waals surface area contributed by atoms with Crippen molar-refractivity contribution in [2.24, 2.45) is 11.8 Å². The molecule has 1 N–H and O–H groups in total. The van der Waals surface area contributed by atoms with Crippen molar-refractivity contribution in [1.82, 2.24) is 0 Å². The molecule has 3 heterocycles. The van der Waals surface area contributed by atoms with Gasteiger partial charge in [-0.2, -0.15) is 18.4 Å². The molecule has 3 fully saturated rings. The zero-order valence-electron chi connectivity index (χ0n) is 21.0. The molecule has 2 bridgehead atoms. The monoisotopic (exact) mass is 559 g/mol. The Kier molecular flexibility index (Phi) is 6.52. The second-order valence-corrected chi connectivity index (χ2v) is 11.9. The second-order valence-electron chi connectivity index (χ2n) is 10.3. The number of nitriles is 1. The van der Waals surface area contributed by atoms with Crippen molar-refractivity contribution in [3.63, 3.8) is 0 Å². The smallest absolute Gasteiger partial charge is 0.417 e. The van der Waals surface area contributed by atoms with Crippen molar-refractivity contribution < 1.29 is 36.8 Å². The Morgan fingerprint density at radius 1 is 1.18 bits per heavy atom. The predicted molar refractivity (Wildman–Crippen MR) is 134 cm³/mol. The van der Waals surface area contributed by atoms with Crippen molar-refractivity contribution in [2.45, 2.75) is 55.4 Å². The van der Waals surface area contributed by atoms with Gasteiger partial charge in [-0.25, -0.2) is 4.90 Å². The number of benzene rings is 2. The van der Waals surface area contributed by atoms with Gasteiger partial charge in [0, 0.05) is 19.0 Å². The average molecular weight is 560 g/mol. The van der Waals surface area contributed by atoms with Crippen LogP contribution in [0.4, 0.5) is 24.5 Å². The molecule has 3 amide bonds. The minimum Gasteiger partial charge on any atom is -0.611 e. The third-order valence-electron chi connectivity index (χ3n) is 7.85. The number of ether oxygens (including phenoxy) is 1. The van der Waals surface area contributed by atoms with Gasteiger partial charge in [0.25, 0.3) is 0 Å². The van der Waals surface area contributed by atoms with Gasteiger partial charge in [0.2, 0.25) is 17.7 Å². The van der Waals surface area contributed by atoms with E-state index in [0.29, 0.717) is 29.5 Å². The van der Waals surface area contributed by atoms with E-state index in [1.165, 1.54) is 19.1 Å². The first-order chi connectivity index (χ1) is 18.3. The van der Waals surface area contributed by atoms with E-state index in [0.717, 1.165) is 11.0 Å². The summed E-state index contributed by atoms with van der Waals surface area (Å²) in [6.45, 7) is 3.11. The first kappa shape index (κ1) is 27.2. The van der Waals surface area contributed by atoms with Crippen LogP contribution in [0.2, 0.25) is 0 Å². The maximum absolute atomic E-state index is 13.7. The fourth-order valence-electron chi connectivity index (χ4n) is 6.14. The minimum atomic E-state index is -4.84. The molecule has 2 aromatic rings. The van der Waals surface area contributed by atoms with E-state index >= 15 is 0 Å². The Labute approximate surface area is 225 Å². The van der Waals surface area contributed by atoms with Crippen LogP contribution in [0.5, 0.6) is 0 Å². The highest BCUT2D eigenvalue weighted by atomic mass is 32.2. The lowest BCUT2D eigenvalue weighted by Crippen LogP contribution is -2.43. The van der Waals surface area contributed by atoms with Gasteiger partial charge in [-0.15, -0.1) is 0 Å². The molecule has 39 heavy (non-hydrogen) atoms. The van der Waals surface area contributed by atoms with Crippen molar-refractivity contribution in [3.8, 4) is 6.07 Å². The quantitative estimate of drug-likeness (QED) is 0.419. The lowest BCUT2D eigenvalue weighted by molar-refractivity contribution is -0.138. The average Bonchev–Trinajstić information content (AvgIpc) is 3.46. The first-order valence-electron chi connectivity index (χ1n) is 12.2. The van der Waals surface area contributed by atoms with Crippen LogP contribution in [0.3, 0.4) is 0 Å². The van der Waals surface area contributed by atoms with E-state index in [4.69, 9.17) is 10.00 Å². The molecule has 0 aliphatic carbocycles. The molecule has 3 aliphatic rings. The van der Waals surface area contributed by atoms with E-state index in [2.05, 4.69) is 5.32 Å². The number of hydrogen-bond donors (Lipinski definition) is 1. The number of carbonyl (C=O) groups is 3. The fraction of sp³-hybridized carbons (Fsp3) is 0.407. The normalized spacial score (nSPS) is 28.4. The molecular formula is C27H24F3N3O5S. The Morgan fingerprint density at radius 2 is 1.85 bits per heavy atom. The third kappa shape index (κ3) is 4.48. The lowest BCUT2D eigenvalue weighted by Gasteiger charge is -2.31. The molecule has 3 saturated heterocycles. The number of hydrogen-bond acceptors (Lipinski definition) is 6. The summed E-state index contributed by atoms with van der Waals surface area (Å²) in [6, 6.07) is 10.8. The minimum absolute atomic E-state index is 0.134. The molecule has 5 rings (SSSR count). The lowest BCUT2D eigenvalue weighted by atomic mass is 9.67. The van der Waals surface area contributed by atoms with Gasteiger partial charge < -0.3 is 14.6 Å². The summed E-state index contributed by atoms with van der Waals surface area (Å²) in [5.41, 5.74) is -3.57. The molecule has 5 atom stereocenters. The Hall–Kier alpha value is -3.40. The van der Waals surface area contributed by atoms with Crippen molar-refractivity contribution in [1.29, 1.82) is 5.26 Å². The summed E-state index contributed by atoms with van der Waals surface area (Å²) in [5, 5.41) is 11.7. The topological polar surface area (TPSA) is 123 Å². The maximum atomic E-state index is 13.7. The van der Waals surface area contributed by atoms with Gasteiger partial charge in [-0.3, -0.25) is 14.4 Å². The van der Waals surface area contributed by atoms with Gasteiger partial charge in [-0.1, -0.05) is 0 Å². The molecule has 3 unspecified atom stereocenters. The Bertz CT molecular complexity index is 1410. The first-order valence-corrected chi connectivity index (χ1v) is 13.6. The van der Waals surface area contributed by atoms with Crippen LogP contribution in [0.15, 0.2) is 47.4 Å². The number of carbonyl (C=O) groups excluding carboxylic acids is 3. The number of fused-ring (bicyclic) bond motifs is 5. The molecule has 3 aliphatic heterocycles. The highest BCUT2D eigenvalue weighted by Crippen LogP contribution is 2.62. The molecule has 8 nitrogen and oxygen atoms in total. The van der Waals surface area contributed by atoms with Gasteiger partial charge >= 0.3 is 6.18 Å². The number of alkyl halides is 3. The fourth-order valence-corrected chi connectivity index (χ4v) is 7.35. The number of nitrogens with zero attached hydrogens (tertiary/aromatic N) is 2. The predicted octanol–water partition coefficient (Wildman–Crippen LogP) is 4.16. The molecule has 0 aromatic heterocycles. The molecule has 0 radical (unpaired) electrons. The number of nitrogens with one attached hydrogen (secondary N) is 1. The number of amides is 3. The van der Waals surface area contributed by atoms with Crippen LogP contribution in [0.25, 0.3) is 0 Å². The molecule has 0 spiro atoms. The third-order valence-corrected chi connectivity index (χ3v) is 9.22. The largest absolute Gasteiger partial charge is 0.611 e. The van der Waals surface area contributed by atoms with Gasteiger partial charge in [-0.05, 0) is 73.4 Å². The number of halogens is 3. The second kappa shape index (κ2) is 9.36. The Balaban J connectivity index is 1.40. The van der Waals surface area contributed by atoms with E-state index in [1.807, 2.05) is 0 Å². The maximum Gasteiger partial charge on any atom is 0.417 e. The van der Waals surface area contributed by atoms with E-state index in [9.17, 15) is 32.1 Å². The van der Waals surface area contributed by atoms with Crippen LogP contribution >= 0.6 is 0 Å². The van der Waals surface area contributed by atoms with Crippen LogP contribution in [0.1, 0.15) is 44.2 Å². The van der Waals surface area contributed by atoms with Crippen molar-refractivity contribution >= 4 is 40.3 Å². The Morgan fingerprint density at radius 3 is 2.46 bits per heavy atom. The zero-order valence-corrected chi connectivity index (χ0v) is 21.8. The summed E-state index contributed by atoms with van der Waals surface area (Å²) in [4.78, 5) is 39.7. The summed E-state index contributed by atoms with van der Waals surface area (Å²) in [6.07, 6.45) is -3.72. The van der Waals surface area contributed by atoms with Gasteiger partial charge in [0.1, 0.15) is 5.75 Å².